The van der Waals surface area contributed by atoms with Crippen LogP contribution in [0.1, 0.15) is 42.6 Å². The van der Waals surface area contributed by atoms with Crippen molar-refractivity contribution in [3.63, 3.8) is 0 Å². The molecule has 5 heteroatoms. The summed E-state index contributed by atoms with van der Waals surface area (Å²) in [6.45, 7) is 5.13. The fourth-order valence-corrected chi connectivity index (χ4v) is 2.72. The Morgan fingerprint density at radius 1 is 1.37 bits per heavy atom. The molecular formula is C14H24N4O. The average Bonchev–Trinajstić information content (AvgIpc) is 2.93. The SMILES string of the molecule is Cc1nn(C)c(C)c1CNCC(=O)NC1CCCC1. The number of nitrogens with one attached hydrogen (secondary N) is 2. The van der Waals surface area contributed by atoms with Gasteiger partial charge in [0.05, 0.1) is 12.2 Å². The van der Waals surface area contributed by atoms with E-state index >= 15 is 0 Å². The van der Waals surface area contributed by atoms with Crippen molar-refractivity contribution in [2.45, 2.75) is 52.1 Å². The summed E-state index contributed by atoms with van der Waals surface area (Å²) in [5.41, 5.74) is 3.38. The summed E-state index contributed by atoms with van der Waals surface area (Å²) in [6, 6.07) is 0.399. The Hall–Kier alpha value is -1.36. The summed E-state index contributed by atoms with van der Waals surface area (Å²) in [7, 11) is 1.94. The Morgan fingerprint density at radius 2 is 2.05 bits per heavy atom. The summed E-state index contributed by atoms with van der Waals surface area (Å²) < 4.78 is 1.88. The lowest BCUT2D eigenvalue weighted by Gasteiger charge is -2.12. The van der Waals surface area contributed by atoms with Crippen LogP contribution in [0.2, 0.25) is 0 Å². The second-order valence-electron chi connectivity index (χ2n) is 5.43. The molecule has 0 spiro atoms. The number of rotatable bonds is 5. The number of aromatic nitrogens is 2. The Morgan fingerprint density at radius 3 is 2.63 bits per heavy atom. The number of carbonyl (C=O) groups is 1. The van der Waals surface area contributed by atoms with Gasteiger partial charge in [0, 0.05) is 30.9 Å². The molecule has 1 fully saturated rings. The van der Waals surface area contributed by atoms with Crippen LogP contribution in [-0.4, -0.2) is 28.3 Å². The predicted octanol–water partition coefficient (Wildman–Crippen LogP) is 1.19. The number of hydrogen-bond donors (Lipinski definition) is 2. The number of carbonyl (C=O) groups excluding carboxylic acids is 1. The first-order chi connectivity index (χ1) is 9.08. The molecule has 106 valence electrons. The first-order valence-electron chi connectivity index (χ1n) is 7.07. The molecule has 2 N–H and O–H groups in total. The Balaban J connectivity index is 1.75. The van der Waals surface area contributed by atoms with Crippen LogP contribution in [0, 0.1) is 13.8 Å². The molecule has 0 saturated heterocycles. The third-order valence-corrected chi connectivity index (χ3v) is 3.97. The minimum Gasteiger partial charge on any atom is -0.352 e. The van der Waals surface area contributed by atoms with E-state index in [2.05, 4.69) is 22.7 Å². The molecule has 1 aromatic rings. The molecule has 0 radical (unpaired) electrons. The van der Waals surface area contributed by atoms with Crippen LogP contribution >= 0.6 is 0 Å². The normalized spacial score (nSPS) is 15.9. The van der Waals surface area contributed by atoms with E-state index in [4.69, 9.17) is 0 Å². The topological polar surface area (TPSA) is 59.0 Å². The number of amides is 1. The van der Waals surface area contributed by atoms with E-state index in [1.807, 2.05) is 18.7 Å². The van der Waals surface area contributed by atoms with Crippen molar-refractivity contribution in [3.05, 3.63) is 17.0 Å². The summed E-state index contributed by atoms with van der Waals surface area (Å²) >= 11 is 0. The third-order valence-electron chi connectivity index (χ3n) is 3.97. The maximum absolute atomic E-state index is 11.8. The van der Waals surface area contributed by atoms with Gasteiger partial charge in [-0.05, 0) is 26.7 Å². The molecule has 0 bridgehead atoms. The summed E-state index contributed by atoms with van der Waals surface area (Å²) in [5, 5.41) is 10.6. The molecule has 1 amide bonds. The van der Waals surface area contributed by atoms with E-state index in [1.165, 1.54) is 18.4 Å². The van der Waals surface area contributed by atoms with Crippen LogP contribution in [0.15, 0.2) is 0 Å². The van der Waals surface area contributed by atoms with E-state index in [0.717, 1.165) is 24.2 Å². The molecular weight excluding hydrogens is 240 g/mol. The fourth-order valence-electron chi connectivity index (χ4n) is 2.72. The van der Waals surface area contributed by atoms with E-state index in [1.54, 1.807) is 0 Å². The highest BCUT2D eigenvalue weighted by Gasteiger charge is 2.17. The van der Waals surface area contributed by atoms with Crippen LogP contribution in [0.25, 0.3) is 0 Å². The van der Waals surface area contributed by atoms with Gasteiger partial charge in [-0.2, -0.15) is 5.10 Å². The van der Waals surface area contributed by atoms with Gasteiger partial charge in [-0.25, -0.2) is 0 Å². The second kappa shape index (κ2) is 6.19. The van der Waals surface area contributed by atoms with Crippen LogP contribution < -0.4 is 10.6 Å². The summed E-state index contributed by atoms with van der Waals surface area (Å²) in [5.74, 6) is 0.103. The van der Waals surface area contributed by atoms with Crippen molar-refractivity contribution in [2.75, 3.05) is 6.54 Å². The first-order valence-corrected chi connectivity index (χ1v) is 7.07. The molecule has 5 nitrogen and oxygen atoms in total. The molecule has 0 atom stereocenters. The third kappa shape index (κ3) is 3.56. The number of hydrogen-bond acceptors (Lipinski definition) is 3. The van der Waals surface area contributed by atoms with Crippen molar-refractivity contribution in [1.29, 1.82) is 0 Å². The zero-order valence-electron chi connectivity index (χ0n) is 12.1. The number of aryl methyl sites for hydroxylation is 2. The molecule has 1 saturated carbocycles. The van der Waals surface area contributed by atoms with Gasteiger partial charge < -0.3 is 10.6 Å². The molecule has 1 aliphatic carbocycles. The average molecular weight is 264 g/mol. The van der Waals surface area contributed by atoms with Crippen molar-refractivity contribution < 1.29 is 4.79 Å². The second-order valence-corrected chi connectivity index (χ2v) is 5.43. The molecule has 1 heterocycles. The molecule has 19 heavy (non-hydrogen) atoms. The largest absolute Gasteiger partial charge is 0.352 e. The summed E-state index contributed by atoms with van der Waals surface area (Å²) in [4.78, 5) is 11.8. The molecule has 0 aliphatic heterocycles. The molecule has 1 aromatic heterocycles. The summed E-state index contributed by atoms with van der Waals surface area (Å²) in [6.07, 6.45) is 4.75. The molecule has 1 aliphatic rings. The highest BCUT2D eigenvalue weighted by atomic mass is 16.1. The standard InChI is InChI=1S/C14H24N4O/c1-10-13(11(2)18(3)17-10)8-15-9-14(19)16-12-6-4-5-7-12/h12,15H,4-9H2,1-3H3,(H,16,19). The van der Waals surface area contributed by atoms with Gasteiger partial charge in [-0.3, -0.25) is 9.48 Å². The van der Waals surface area contributed by atoms with Crippen LogP contribution in [-0.2, 0) is 18.4 Å². The minimum absolute atomic E-state index is 0.103. The predicted molar refractivity (Wildman–Crippen MR) is 74.8 cm³/mol. The van der Waals surface area contributed by atoms with Crippen LogP contribution in [0.3, 0.4) is 0 Å². The molecule has 0 unspecified atom stereocenters. The van der Waals surface area contributed by atoms with Crippen molar-refractivity contribution >= 4 is 5.91 Å². The lowest BCUT2D eigenvalue weighted by atomic mass is 10.2. The lowest BCUT2D eigenvalue weighted by molar-refractivity contribution is -0.120. The smallest absolute Gasteiger partial charge is 0.234 e. The van der Waals surface area contributed by atoms with E-state index in [-0.39, 0.29) is 5.91 Å². The van der Waals surface area contributed by atoms with Crippen LogP contribution in [0.4, 0.5) is 0 Å². The Labute approximate surface area is 114 Å². The van der Waals surface area contributed by atoms with Gasteiger partial charge in [-0.1, -0.05) is 12.8 Å². The van der Waals surface area contributed by atoms with E-state index in [0.29, 0.717) is 19.1 Å². The number of nitrogens with zero attached hydrogens (tertiary/aromatic N) is 2. The van der Waals surface area contributed by atoms with Gasteiger partial charge in [0.1, 0.15) is 0 Å². The maximum Gasteiger partial charge on any atom is 0.234 e. The quantitative estimate of drug-likeness (QED) is 0.840. The van der Waals surface area contributed by atoms with Gasteiger partial charge in [0.2, 0.25) is 5.91 Å². The van der Waals surface area contributed by atoms with E-state index in [9.17, 15) is 4.79 Å². The lowest BCUT2D eigenvalue weighted by Crippen LogP contribution is -2.39. The highest BCUT2D eigenvalue weighted by molar-refractivity contribution is 5.78. The molecule has 2 rings (SSSR count). The fraction of sp³-hybridized carbons (Fsp3) is 0.714. The van der Waals surface area contributed by atoms with Crippen molar-refractivity contribution in [3.8, 4) is 0 Å². The minimum atomic E-state index is 0.103. The Kier molecular flexibility index (Phi) is 4.58. The van der Waals surface area contributed by atoms with Gasteiger partial charge in [-0.15, -0.1) is 0 Å². The van der Waals surface area contributed by atoms with Gasteiger partial charge in [0.25, 0.3) is 0 Å². The van der Waals surface area contributed by atoms with E-state index < -0.39 is 0 Å². The zero-order valence-corrected chi connectivity index (χ0v) is 12.1. The van der Waals surface area contributed by atoms with Gasteiger partial charge >= 0.3 is 0 Å². The van der Waals surface area contributed by atoms with Crippen LogP contribution in [0.5, 0.6) is 0 Å². The van der Waals surface area contributed by atoms with Gasteiger partial charge in [0.15, 0.2) is 0 Å². The maximum atomic E-state index is 11.8. The van der Waals surface area contributed by atoms with Crippen molar-refractivity contribution in [2.24, 2.45) is 7.05 Å². The first kappa shape index (κ1) is 14.1. The van der Waals surface area contributed by atoms with Crippen molar-refractivity contribution in [1.82, 2.24) is 20.4 Å². The highest BCUT2D eigenvalue weighted by Crippen LogP contribution is 2.17. The zero-order chi connectivity index (χ0) is 13.8. The monoisotopic (exact) mass is 264 g/mol. The molecule has 0 aromatic carbocycles. The Bertz CT molecular complexity index is 447.